The minimum atomic E-state index is -1.32. The van der Waals surface area contributed by atoms with Gasteiger partial charge in [-0.25, -0.2) is 9.18 Å². The van der Waals surface area contributed by atoms with Gasteiger partial charge in [0.2, 0.25) is 0 Å². The Labute approximate surface area is 110 Å². The van der Waals surface area contributed by atoms with Crippen molar-refractivity contribution in [2.75, 3.05) is 5.32 Å². The molecular formula is C11H7FN6O2. The number of fused-ring (bicyclic) bond motifs is 1. The average Bonchev–Trinajstić information content (AvgIpc) is 2.85. The van der Waals surface area contributed by atoms with Crippen LogP contribution in [-0.2, 0) is 0 Å². The molecule has 1 aromatic carbocycles. The Balaban J connectivity index is 1.90. The smallest absolute Gasteiger partial charge is 0.338 e. The van der Waals surface area contributed by atoms with Crippen molar-refractivity contribution in [2.24, 2.45) is 0 Å². The summed E-state index contributed by atoms with van der Waals surface area (Å²) >= 11 is 0. The molecule has 0 fully saturated rings. The number of carboxylic acids is 1. The molecule has 2 N–H and O–H groups in total. The normalized spacial score (nSPS) is 10.7. The van der Waals surface area contributed by atoms with Crippen molar-refractivity contribution in [1.82, 2.24) is 25.3 Å². The van der Waals surface area contributed by atoms with E-state index in [1.54, 1.807) is 12.1 Å². The summed E-state index contributed by atoms with van der Waals surface area (Å²) in [7, 11) is 0. The highest BCUT2D eigenvalue weighted by molar-refractivity contribution is 5.88. The molecule has 3 aromatic rings. The van der Waals surface area contributed by atoms with Crippen molar-refractivity contribution in [3.05, 3.63) is 41.7 Å². The Morgan fingerprint density at radius 3 is 2.90 bits per heavy atom. The van der Waals surface area contributed by atoms with Crippen LogP contribution >= 0.6 is 0 Å². The van der Waals surface area contributed by atoms with E-state index >= 15 is 0 Å². The second kappa shape index (κ2) is 4.53. The predicted octanol–water partition coefficient (Wildman–Crippen LogP) is 1.10. The van der Waals surface area contributed by atoms with Gasteiger partial charge in [-0.3, -0.25) is 0 Å². The van der Waals surface area contributed by atoms with Crippen LogP contribution in [-0.4, -0.2) is 36.3 Å². The third-order valence-electron chi connectivity index (χ3n) is 2.54. The molecule has 9 heteroatoms. The zero-order chi connectivity index (χ0) is 14.1. The number of anilines is 2. The van der Waals surface area contributed by atoms with E-state index in [0.29, 0.717) is 17.2 Å². The minimum Gasteiger partial charge on any atom is -0.478 e. The summed E-state index contributed by atoms with van der Waals surface area (Å²) in [6, 6.07) is 6.95. The van der Waals surface area contributed by atoms with Crippen LogP contribution in [0.1, 0.15) is 10.4 Å². The van der Waals surface area contributed by atoms with Crippen LogP contribution < -0.4 is 5.32 Å². The average molecular weight is 274 g/mol. The van der Waals surface area contributed by atoms with Gasteiger partial charge in [-0.05, 0) is 40.8 Å². The van der Waals surface area contributed by atoms with Gasteiger partial charge in [0.05, 0.1) is 5.56 Å². The molecule has 100 valence electrons. The highest BCUT2D eigenvalue weighted by Crippen LogP contribution is 2.18. The van der Waals surface area contributed by atoms with Crippen molar-refractivity contribution in [3.8, 4) is 0 Å². The Hall–Kier alpha value is -3.10. The van der Waals surface area contributed by atoms with Crippen molar-refractivity contribution in [1.29, 1.82) is 0 Å². The number of aromatic nitrogens is 5. The van der Waals surface area contributed by atoms with E-state index in [1.807, 2.05) is 0 Å². The number of carboxylic acid groups (broad SMARTS) is 1. The molecule has 2 heterocycles. The van der Waals surface area contributed by atoms with Crippen LogP contribution in [0.5, 0.6) is 0 Å². The lowest BCUT2D eigenvalue weighted by Crippen LogP contribution is -2.03. The minimum absolute atomic E-state index is 0.368. The fraction of sp³-hybridized carbons (Fsp3) is 0. The Morgan fingerprint density at radius 2 is 2.15 bits per heavy atom. The SMILES string of the molecule is O=C(O)c1ccc(Nc2ccc3nnnn3n2)cc1F. The molecule has 0 saturated carbocycles. The monoisotopic (exact) mass is 274 g/mol. The highest BCUT2D eigenvalue weighted by atomic mass is 19.1. The number of halogens is 1. The number of nitrogens with one attached hydrogen (secondary N) is 1. The molecule has 0 aliphatic rings. The second-order valence-corrected chi connectivity index (χ2v) is 3.87. The van der Waals surface area contributed by atoms with Gasteiger partial charge >= 0.3 is 5.97 Å². The van der Waals surface area contributed by atoms with Gasteiger partial charge in [0.15, 0.2) is 11.5 Å². The third kappa shape index (κ3) is 2.11. The molecule has 0 spiro atoms. The van der Waals surface area contributed by atoms with E-state index in [9.17, 15) is 9.18 Å². The molecule has 2 aromatic heterocycles. The largest absolute Gasteiger partial charge is 0.478 e. The molecule has 0 saturated heterocycles. The molecule has 0 aliphatic carbocycles. The second-order valence-electron chi connectivity index (χ2n) is 3.87. The summed E-state index contributed by atoms with van der Waals surface area (Å²) in [6.45, 7) is 0. The van der Waals surface area contributed by atoms with Crippen LogP contribution in [0.2, 0.25) is 0 Å². The predicted molar refractivity (Wildman–Crippen MR) is 65.2 cm³/mol. The molecule has 0 bridgehead atoms. The quantitative estimate of drug-likeness (QED) is 0.736. The number of nitrogens with zero attached hydrogens (tertiary/aromatic N) is 5. The first-order chi connectivity index (χ1) is 9.63. The Kier molecular flexibility index (Phi) is 2.71. The van der Waals surface area contributed by atoms with Crippen LogP contribution in [0, 0.1) is 5.82 Å². The summed E-state index contributed by atoms with van der Waals surface area (Å²) in [5, 5.41) is 26.4. The van der Waals surface area contributed by atoms with Gasteiger partial charge in [-0.2, -0.15) is 0 Å². The topological polar surface area (TPSA) is 105 Å². The van der Waals surface area contributed by atoms with E-state index in [1.165, 1.54) is 16.8 Å². The molecule has 0 radical (unpaired) electrons. The van der Waals surface area contributed by atoms with Crippen molar-refractivity contribution in [3.63, 3.8) is 0 Å². The van der Waals surface area contributed by atoms with Crippen LogP contribution in [0.4, 0.5) is 15.9 Å². The van der Waals surface area contributed by atoms with Gasteiger partial charge < -0.3 is 10.4 Å². The number of aromatic carboxylic acids is 1. The van der Waals surface area contributed by atoms with Crippen molar-refractivity contribution < 1.29 is 14.3 Å². The maximum Gasteiger partial charge on any atom is 0.338 e. The Bertz CT molecular complexity index is 802. The lowest BCUT2D eigenvalue weighted by Gasteiger charge is -2.06. The fourth-order valence-electron chi connectivity index (χ4n) is 1.63. The van der Waals surface area contributed by atoms with Crippen molar-refractivity contribution in [2.45, 2.75) is 0 Å². The van der Waals surface area contributed by atoms with E-state index in [0.717, 1.165) is 6.07 Å². The molecule has 3 rings (SSSR count). The van der Waals surface area contributed by atoms with E-state index in [4.69, 9.17) is 5.11 Å². The third-order valence-corrected chi connectivity index (χ3v) is 2.54. The van der Waals surface area contributed by atoms with Crippen LogP contribution in [0.25, 0.3) is 5.65 Å². The first-order valence-corrected chi connectivity index (χ1v) is 5.49. The van der Waals surface area contributed by atoms with Gasteiger partial charge in [-0.1, -0.05) is 0 Å². The molecule has 0 unspecified atom stereocenters. The standard InChI is InChI=1S/C11H7FN6O2/c12-8-5-6(1-2-7(8)11(19)20)13-9-3-4-10-14-16-17-18(10)15-9/h1-5H,(H,13,15)(H,19,20). The first-order valence-electron chi connectivity index (χ1n) is 5.49. The fourth-order valence-corrected chi connectivity index (χ4v) is 1.63. The van der Waals surface area contributed by atoms with Crippen LogP contribution in [0.15, 0.2) is 30.3 Å². The molecule has 0 aliphatic heterocycles. The number of hydrogen-bond donors (Lipinski definition) is 2. The number of rotatable bonds is 3. The van der Waals surface area contributed by atoms with Gasteiger partial charge in [0.25, 0.3) is 0 Å². The van der Waals surface area contributed by atoms with Gasteiger partial charge in [0.1, 0.15) is 5.82 Å². The number of hydrogen-bond acceptors (Lipinski definition) is 6. The summed E-state index contributed by atoms with van der Waals surface area (Å²) in [4.78, 5) is 10.7. The van der Waals surface area contributed by atoms with E-state index in [2.05, 4.69) is 25.9 Å². The highest BCUT2D eigenvalue weighted by Gasteiger charge is 2.10. The number of carbonyl (C=O) groups is 1. The van der Waals surface area contributed by atoms with E-state index < -0.39 is 11.8 Å². The number of tetrazole rings is 1. The lowest BCUT2D eigenvalue weighted by molar-refractivity contribution is 0.0692. The van der Waals surface area contributed by atoms with Gasteiger partial charge in [-0.15, -0.1) is 14.8 Å². The zero-order valence-electron chi connectivity index (χ0n) is 9.86. The zero-order valence-corrected chi connectivity index (χ0v) is 9.86. The molecule has 0 atom stereocenters. The van der Waals surface area contributed by atoms with E-state index in [-0.39, 0.29) is 5.56 Å². The lowest BCUT2D eigenvalue weighted by atomic mass is 10.2. The summed E-state index contributed by atoms with van der Waals surface area (Å²) in [5.74, 6) is -1.75. The summed E-state index contributed by atoms with van der Waals surface area (Å²) < 4.78 is 14.7. The molecular weight excluding hydrogens is 267 g/mol. The summed E-state index contributed by atoms with van der Waals surface area (Å²) in [5.41, 5.74) is 0.454. The van der Waals surface area contributed by atoms with Crippen LogP contribution in [0.3, 0.4) is 0 Å². The molecule has 8 nitrogen and oxygen atoms in total. The number of benzene rings is 1. The molecule has 0 amide bonds. The van der Waals surface area contributed by atoms with Crippen molar-refractivity contribution >= 4 is 23.1 Å². The maximum atomic E-state index is 13.5. The first kappa shape index (κ1) is 12.0. The Morgan fingerprint density at radius 1 is 1.30 bits per heavy atom. The summed E-state index contributed by atoms with van der Waals surface area (Å²) in [6.07, 6.45) is 0. The van der Waals surface area contributed by atoms with Gasteiger partial charge in [0, 0.05) is 5.69 Å². The maximum absolute atomic E-state index is 13.5. The molecule has 20 heavy (non-hydrogen) atoms.